The Balaban J connectivity index is 1.71. The summed E-state index contributed by atoms with van der Waals surface area (Å²) in [6.45, 7) is 5.24. The highest BCUT2D eigenvalue weighted by atomic mass is 35.5. The molecular weight excluding hydrogens is 527 g/mol. The van der Waals surface area contributed by atoms with Crippen molar-refractivity contribution >= 4 is 40.2 Å². The lowest BCUT2D eigenvalue weighted by molar-refractivity contribution is -0.136. The van der Waals surface area contributed by atoms with Crippen LogP contribution in [0.5, 0.6) is 0 Å². The third kappa shape index (κ3) is 5.30. The third-order valence-electron chi connectivity index (χ3n) is 5.66. The van der Waals surface area contributed by atoms with E-state index in [1.807, 2.05) is 0 Å². The molecule has 1 amide bonds. The van der Waals surface area contributed by atoms with Crippen LogP contribution in [0.4, 0.5) is 29.6 Å². The number of ether oxygens (including phenoxy) is 1. The van der Waals surface area contributed by atoms with E-state index in [-0.39, 0.29) is 33.7 Å². The summed E-state index contributed by atoms with van der Waals surface area (Å²) in [4.78, 5) is 36.0. The number of aromatic nitrogens is 7. The molecular formula is C23H23ClF3N9O2. The second-order valence-electron chi connectivity index (χ2n) is 8.59. The zero-order valence-corrected chi connectivity index (χ0v) is 21.7. The lowest BCUT2D eigenvalue weighted by atomic mass is 10.1. The molecule has 200 valence electrons. The van der Waals surface area contributed by atoms with Gasteiger partial charge in [-0.05, 0) is 32.9 Å². The molecule has 3 heterocycles. The maximum Gasteiger partial charge on any atom is 0.418 e. The van der Waals surface area contributed by atoms with Gasteiger partial charge in [0.2, 0.25) is 0 Å². The summed E-state index contributed by atoms with van der Waals surface area (Å²) in [5.41, 5.74) is -1.23. The van der Waals surface area contributed by atoms with Gasteiger partial charge in [0.05, 0.1) is 23.2 Å². The van der Waals surface area contributed by atoms with Gasteiger partial charge >= 0.3 is 12.3 Å². The zero-order valence-electron chi connectivity index (χ0n) is 21.0. The number of hydrogen-bond donors (Lipinski definition) is 0. The first kappa shape index (κ1) is 27.0. The minimum atomic E-state index is -4.65. The molecule has 0 saturated heterocycles. The number of nitrogens with zero attached hydrogens (tertiary/aromatic N) is 9. The molecule has 0 spiro atoms. The molecule has 0 fully saturated rings. The van der Waals surface area contributed by atoms with E-state index in [4.69, 9.17) is 16.3 Å². The van der Waals surface area contributed by atoms with Gasteiger partial charge in [0.1, 0.15) is 30.6 Å². The highest BCUT2D eigenvalue weighted by Gasteiger charge is 2.35. The van der Waals surface area contributed by atoms with Crippen molar-refractivity contribution in [2.24, 2.45) is 0 Å². The van der Waals surface area contributed by atoms with Crippen LogP contribution in [0.15, 0.2) is 37.2 Å². The minimum Gasteiger partial charge on any atom is -0.446 e. The van der Waals surface area contributed by atoms with Crippen LogP contribution in [0, 0.1) is 0 Å². The van der Waals surface area contributed by atoms with Crippen LogP contribution in [0.25, 0.3) is 16.7 Å². The van der Waals surface area contributed by atoms with Crippen LogP contribution < -0.4 is 9.80 Å². The summed E-state index contributed by atoms with van der Waals surface area (Å²) in [5.74, 6) is 1.18. The Hall–Kier alpha value is -4.07. The van der Waals surface area contributed by atoms with Crippen molar-refractivity contribution in [2.45, 2.75) is 39.1 Å². The van der Waals surface area contributed by atoms with Gasteiger partial charge in [0.15, 0.2) is 11.6 Å². The molecule has 1 atom stereocenters. The number of anilines is 2. The highest BCUT2D eigenvalue weighted by Crippen LogP contribution is 2.39. The summed E-state index contributed by atoms with van der Waals surface area (Å²) < 4.78 is 47.6. The summed E-state index contributed by atoms with van der Waals surface area (Å²) in [7, 11) is 3.16. The van der Waals surface area contributed by atoms with Gasteiger partial charge in [-0.15, -0.1) is 0 Å². The molecule has 3 aromatic heterocycles. The molecule has 0 bridgehead atoms. The molecule has 15 heteroatoms. The number of carbonyl (C=O) groups excluding carboxylic acids is 1. The van der Waals surface area contributed by atoms with Gasteiger partial charge in [-0.1, -0.05) is 11.6 Å². The first-order valence-corrected chi connectivity index (χ1v) is 11.7. The van der Waals surface area contributed by atoms with E-state index in [9.17, 15) is 18.0 Å². The van der Waals surface area contributed by atoms with Crippen molar-refractivity contribution in [3.63, 3.8) is 0 Å². The fourth-order valence-electron chi connectivity index (χ4n) is 3.70. The fraction of sp³-hybridized carbons (Fsp3) is 0.348. The topological polar surface area (TPSA) is 115 Å². The third-order valence-corrected chi connectivity index (χ3v) is 5.88. The molecule has 4 rings (SSSR count). The Morgan fingerprint density at radius 1 is 1.00 bits per heavy atom. The summed E-state index contributed by atoms with van der Waals surface area (Å²) in [6, 6.07) is 3.20. The van der Waals surface area contributed by atoms with Crippen LogP contribution in [0.2, 0.25) is 5.02 Å². The monoisotopic (exact) mass is 549 g/mol. The Kier molecular flexibility index (Phi) is 7.35. The average Bonchev–Trinajstić information content (AvgIpc) is 3.35. The Morgan fingerprint density at radius 3 is 2.39 bits per heavy atom. The first-order valence-electron chi connectivity index (χ1n) is 11.3. The van der Waals surface area contributed by atoms with E-state index in [0.717, 1.165) is 12.4 Å². The van der Waals surface area contributed by atoms with Gasteiger partial charge in [-0.25, -0.2) is 29.7 Å². The van der Waals surface area contributed by atoms with Gasteiger partial charge < -0.3 is 9.64 Å². The average molecular weight is 550 g/mol. The second kappa shape index (κ2) is 10.4. The van der Waals surface area contributed by atoms with E-state index in [0.29, 0.717) is 11.6 Å². The lowest BCUT2D eigenvalue weighted by Crippen LogP contribution is -2.30. The molecule has 0 saturated carbocycles. The summed E-state index contributed by atoms with van der Waals surface area (Å²) >= 11 is 6.03. The number of rotatable bonds is 6. The van der Waals surface area contributed by atoms with Crippen molar-refractivity contribution in [3.8, 4) is 5.82 Å². The number of halogens is 4. The number of hydrogen-bond acceptors (Lipinski definition) is 9. The Morgan fingerprint density at radius 2 is 1.71 bits per heavy atom. The number of fused-ring (bicyclic) bond motifs is 1. The minimum absolute atomic E-state index is 0.0984. The number of carbonyl (C=O) groups is 1. The van der Waals surface area contributed by atoms with E-state index in [1.165, 1.54) is 41.4 Å². The first-order chi connectivity index (χ1) is 17.9. The zero-order chi connectivity index (χ0) is 27.8. The smallest absolute Gasteiger partial charge is 0.418 e. The standard InChI is InChI=1S/C23H23ClF3N9O2/c1-12(2)38-22(37)35(5)17-8-18(29-9-28-17)36-20(32-11-33-36)13(3)34(4)21-15-6-14(24)7-16(23(25,26)27)19(15)30-10-31-21/h6-13H,1-5H3/t13-/m0/s1. The number of alkyl halides is 3. The molecule has 0 aliphatic heterocycles. The molecule has 0 radical (unpaired) electrons. The summed E-state index contributed by atoms with van der Waals surface area (Å²) in [6.07, 6.45) is -1.92. The van der Waals surface area contributed by atoms with Crippen molar-refractivity contribution < 1.29 is 22.7 Å². The van der Waals surface area contributed by atoms with Gasteiger partial charge in [-0.2, -0.15) is 23.0 Å². The number of amides is 1. The van der Waals surface area contributed by atoms with Crippen LogP contribution in [-0.4, -0.2) is 61.0 Å². The molecule has 0 aliphatic rings. The van der Waals surface area contributed by atoms with Crippen LogP contribution in [-0.2, 0) is 10.9 Å². The second-order valence-corrected chi connectivity index (χ2v) is 9.02. The molecule has 0 aliphatic carbocycles. The van der Waals surface area contributed by atoms with E-state index < -0.39 is 23.9 Å². The molecule has 38 heavy (non-hydrogen) atoms. The maximum absolute atomic E-state index is 13.7. The van der Waals surface area contributed by atoms with E-state index >= 15 is 0 Å². The molecule has 11 nitrogen and oxygen atoms in total. The SMILES string of the molecule is CC(C)OC(=O)N(C)c1cc(-n2ncnc2[C@H](C)N(C)c2ncnc3c(C(F)(F)F)cc(Cl)cc23)ncn1. The quantitative estimate of drug-likeness (QED) is 0.333. The van der Waals surface area contributed by atoms with Crippen LogP contribution in [0.1, 0.15) is 38.2 Å². The fourth-order valence-corrected chi connectivity index (χ4v) is 3.91. The highest BCUT2D eigenvalue weighted by molar-refractivity contribution is 6.31. The lowest BCUT2D eigenvalue weighted by Gasteiger charge is -2.27. The normalized spacial score (nSPS) is 12.6. The summed E-state index contributed by atoms with van der Waals surface area (Å²) in [5, 5.41) is 4.28. The largest absolute Gasteiger partial charge is 0.446 e. The Bertz CT molecular complexity index is 1480. The van der Waals surface area contributed by atoms with Crippen LogP contribution in [0.3, 0.4) is 0 Å². The van der Waals surface area contributed by atoms with Gasteiger partial charge in [-0.3, -0.25) is 4.90 Å². The van der Waals surface area contributed by atoms with E-state index in [1.54, 1.807) is 32.7 Å². The molecule has 0 N–H and O–H groups in total. The van der Waals surface area contributed by atoms with Crippen LogP contribution >= 0.6 is 11.6 Å². The van der Waals surface area contributed by atoms with Crippen molar-refractivity contribution in [2.75, 3.05) is 23.9 Å². The maximum atomic E-state index is 13.7. The van der Waals surface area contributed by atoms with Crippen molar-refractivity contribution in [3.05, 3.63) is 53.6 Å². The molecule has 1 aromatic carbocycles. The van der Waals surface area contributed by atoms with Gasteiger partial charge in [0, 0.05) is 30.6 Å². The van der Waals surface area contributed by atoms with Crippen molar-refractivity contribution in [1.82, 2.24) is 34.7 Å². The predicted octanol–water partition coefficient (Wildman–Crippen LogP) is 4.85. The molecule has 0 unspecified atom stereocenters. The number of benzene rings is 1. The molecule has 4 aromatic rings. The Labute approximate surface area is 220 Å². The van der Waals surface area contributed by atoms with Gasteiger partial charge in [0.25, 0.3) is 0 Å². The van der Waals surface area contributed by atoms with E-state index in [2.05, 4.69) is 30.0 Å². The van der Waals surface area contributed by atoms with Crippen molar-refractivity contribution in [1.29, 1.82) is 0 Å². The predicted molar refractivity (Wildman–Crippen MR) is 133 cm³/mol.